The Morgan fingerprint density at radius 1 is 1.10 bits per heavy atom. The summed E-state index contributed by atoms with van der Waals surface area (Å²) in [7, 11) is -6.51. The van der Waals surface area contributed by atoms with E-state index in [0.717, 1.165) is 24.3 Å². The maximum absolute atomic E-state index is 11.8. The van der Waals surface area contributed by atoms with Gasteiger partial charge in [0.1, 0.15) is 0 Å². The van der Waals surface area contributed by atoms with Gasteiger partial charge in [0.2, 0.25) is 20.0 Å². The fraction of sp³-hybridized carbons (Fsp3) is 0.300. The Hall–Kier alpha value is -1.53. The van der Waals surface area contributed by atoms with Gasteiger partial charge in [0, 0.05) is 6.54 Å². The molecule has 1 aromatic rings. The minimum Gasteiger partial charge on any atom is -0.479 e. The van der Waals surface area contributed by atoms with E-state index in [2.05, 4.69) is 4.72 Å². The monoisotopic (exact) mass is 338 g/mol. The molecule has 11 heteroatoms. The van der Waals surface area contributed by atoms with Gasteiger partial charge in [0.05, 0.1) is 9.79 Å². The van der Waals surface area contributed by atoms with Crippen LogP contribution >= 0.6 is 0 Å². The maximum Gasteiger partial charge on any atom is 0.333 e. The Balaban J connectivity index is 2.93. The second kappa shape index (κ2) is 6.49. The number of hydrogen-bond acceptors (Lipinski definition) is 6. The first-order valence-electron chi connectivity index (χ1n) is 5.54. The molecule has 0 radical (unpaired) electrons. The Bertz CT molecular complexity index is 710. The van der Waals surface area contributed by atoms with Crippen molar-refractivity contribution in [2.75, 3.05) is 13.6 Å². The van der Waals surface area contributed by atoms with E-state index in [-0.39, 0.29) is 9.79 Å². The van der Waals surface area contributed by atoms with Gasteiger partial charge < -0.3 is 10.2 Å². The van der Waals surface area contributed by atoms with Crippen LogP contribution in [0.1, 0.15) is 0 Å². The van der Waals surface area contributed by atoms with E-state index >= 15 is 0 Å². The Kier molecular flexibility index (Phi) is 5.42. The molecule has 0 saturated carbocycles. The van der Waals surface area contributed by atoms with Gasteiger partial charge in [0.15, 0.2) is 6.10 Å². The SMILES string of the molecule is CNS(=O)(=O)c1ccc(S(=O)(=O)NC[C@H](O)C(=O)O)cc1. The van der Waals surface area contributed by atoms with Crippen LogP contribution in [-0.2, 0) is 24.8 Å². The van der Waals surface area contributed by atoms with Crippen molar-refractivity contribution in [1.82, 2.24) is 9.44 Å². The summed E-state index contributed by atoms with van der Waals surface area (Å²) in [6.45, 7) is -0.700. The number of aliphatic hydroxyl groups is 1. The van der Waals surface area contributed by atoms with E-state index in [4.69, 9.17) is 10.2 Å². The van der Waals surface area contributed by atoms with Gasteiger partial charge in [-0.2, -0.15) is 0 Å². The largest absolute Gasteiger partial charge is 0.479 e. The van der Waals surface area contributed by atoms with E-state index in [1.165, 1.54) is 7.05 Å². The molecule has 1 atom stereocenters. The van der Waals surface area contributed by atoms with Crippen LogP contribution in [0.5, 0.6) is 0 Å². The van der Waals surface area contributed by atoms with Crippen molar-refractivity contribution in [3.63, 3.8) is 0 Å². The van der Waals surface area contributed by atoms with Crippen molar-refractivity contribution < 1.29 is 31.8 Å². The van der Waals surface area contributed by atoms with Crippen LogP contribution in [0, 0.1) is 0 Å². The lowest BCUT2D eigenvalue weighted by atomic mass is 10.4. The molecule has 0 saturated heterocycles. The van der Waals surface area contributed by atoms with Crippen LogP contribution in [0.3, 0.4) is 0 Å². The molecule has 21 heavy (non-hydrogen) atoms. The molecule has 0 aliphatic rings. The second-order valence-corrected chi connectivity index (χ2v) is 7.54. The third-order valence-electron chi connectivity index (χ3n) is 2.46. The van der Waals surface area contributed by atoms with E-state index in [1.54, 1.807) is 0 Å². The van der Waals surface area contributed by atoms with E-state index in [9.17, 15) is 21.6 Å². The lowest BCUT2D eigenvalue weighted by molar-refractivity contribution is -0.146. The number of aliphatic carboxylic acids is 1. The molecule has 4 N–H and O–H groups in total. The number of carboxylic acids is 1. The first-order valence-corrected chi connectivity index (χ1v) is 8.51. The topological polar surface area (TPSA) is 150 Å². The van der Waals surface area contributed by atoms with E-state index in [0.29, 0.717) is 0 Å². The number of sulfonamides is 2. The zero-order chi connectivity index (χ0) is 16.3. The first-order chi connectivity index (χ1) is 9.60. The van der Waals surface area contributed by atoms with E-state index < -0.39 is 38.7 Å². The third kappa shape index (κ3) is 4.47. The molecule has 0 bridgehead atoms. The van der Waals surface area contributed by atoms with E-state index in [1.807, 2.05) is 4.72 Å². The van der Waals surface area contributed by atoms with Crippen LogP contribution in [0.15, 0.2) is 34.1 Å². The number of carbonyl (C=O) groups is 1. The molecule has 118 valence electrons. The highest BCUT2D eigenvalue weighted by atomic mass is 32.2. The Morgan fingerprint density at radius 2 is 1.52 bits per heavy atom. The number of hydrogen-bond donors (Lipinski definition) is 4. The molecule has 0 amide bonds. The molecule has 0 unspecified atom stereocenters. The summed E-state index contributed by atoms with van der Waals surface area (Å²) in [6.07, 6.45) is -1.87. The zero-order valence-electron chi connectivity index (χ0n) is 10.8. The summed E-state index contributed by atoms with van der Waals surface area (Å²) >= 11 is 0. The number of carboxylic acid groups (broad SMARTS) is 1. The van der Waals surface area contributed by atoms with Crippen LogP contribution < -0.4 is 9.44 Å². The quantitative estimate of drug-likeness (QED) is 0.463. The molecule has 0 aliphatic carbocycles. The second-order valence-electron chi connectivity index (χ2n) is 3.88. The van der Waals surface area contributed by atoms with Gasteiger partial charge in [-0.1, -0.05) is 0 Å². The summed E-state index contributed by atoms with van der Waals surface area (Å²) < 4.78 is 50.6. The first kappa shape index (κ1) is 17.5. The average Bonchev–Trinajstić information content (AvgIpc) is 2.44. The Morgan fingerprint density at radius 3 is 1.90 bits per heavy atom. The van der Waals surface area contributed by atoms with Gasteiger partial charge in [-0.3, -0.25) is 0 Å². The highest BCUT2D eigenvalue weighted by molar-refractivity contribution is 7.90. The minimum atomic E-state index is -4.05. The summed E-state index contributed by atoms with van der Waals surface area (Å²) in [5.74, 6) is -1.56. The third-order valence-corrected chi connectivity index (χ3v) is 5.33. The van der Waals surface area contributed by atoms with Crippen LogP contribution in [0.25, 0.3) is 0 Å². The van der Waals surface area contributed by atoms with Gasteiger partial charge in [0.25, 0.3) is 0 Å². The summed E-state index contributed by atoms with van der Waals surface area (Å²) in [4.78, 5) is 10.0. The molecule has 0 heterocycles. The maximum atomic E-state index is 11.8. The Labute approximate surface area is 121 Å². The molecular weight excluding hydrogens is 324 g/mol. The van der Waals surface area contributed by atoms with Gasteiger partial charge >= 0.3 is 5.97 Å². The molecule has 1 aromatic carbocycles. The molecule has 0 spiro atoms. The van der Waals surface area contributed by atoms with Crippen molar-refractivity contribution in [2.45, 2.75) is 15.9 Å². The summed E-state index contributed by atoms with van der Waals surface area (Å²) in [5, 5.41) is 17.4. The highest BCUT2D eigenvalue weighted by Gasteiger charge is 2.20. The van der Waals surface area contributed by atoms with Crippen LogP contribution in [0.2, 0.25) is 0 Å². The zero-order valence-corrected chi connectivity index (χ0v) is 12.5. The van der Waals surface area contributed by atoms with Gasteiger partial charge in [-0.25, -0.2) is 31.1 Å². The number of nitrogens with one attached hydrogen (secondary N) is 2. The molecule has 0 aromatic heterocycles. The minimum absolute atomic E-state index is 0.116. The fourth-order valence-corrected chi connectivity index (χ4v) is 3.04. The molecule has 0 aliphatic heterocycles. The van der Waals surface area contributed by atoms with Crippen molar-refractivity contribution >= 4 is 26.0 Å². The smallest absolute Gasteiger partial charge is 0.333 e. The van der Waals surface area contributed by atoms with Crippen LogP contribution in [-0.4, -0.2) is 52.7 Å². The normalized spacial score (nSPS) is 13.8. The van der Waals surface area contributed by atoms with Gasteiger partial charge in [-0.05, 0) is 31.3 Å². The number of benzene rings is 1. The average molecular weight is 338 g/mol. The summed E-state index contributed by atoms with van der Waals surface area (Å²) in [5.41, 5.74) is 0. The predicted molar refractivity (Wildman–Crippen MR) is 71.5 cm³/mol. The van der Waals surface area contributed by atoms with Gasteiger partial charge in [-0.15, -0.1) is 0 Å². The lowest BCUT2D eigenvalue weighted by Crippen LogP contribution is -2.36. The molecule has 0 fully saturated rings. The molecule has 1 rings (SSSR count). The number of aliphatic hydroxyl groups excluding tert-OH is 1. The van der Waals surface area contributed by atoms with Crippen molar-refractivity contribution in [3.05, 3.63) is 24.3 Å². The van der Waals surface area contributed by atoms with Crippen molar-refractivity contribution in [2.24, 2.45) is 0 Å². The van der Waals surface area contributed by atoms with Crippen molar-refractivity contribution in [3.8, 4) is 0 Å². The highest BCUT2D eigenvalue weighted by Crippen LogP contribution is 2.14. The molecule has 9 nitrogen and oxygen atoms in total. The standard InChI is InChI=1S/C10H14N2O7S2/c1-11-20(16,17)7-2-4-8(5-3-7)21(18,19)12-6-9(13)10(14)15/h2-5,9,11-13H,6H2,1H3,(H,14,15)/t9-/m0/s1. The summed E-state index contributed by atoms with van der Waals surface area (Å²) in [6, 6.07) is 4.29. The number of rotatable bonds is 7. The lowest BCUT2D eigenvalue weighted by Gasteiger charge is -2.09. The molecular formula is C10H14N2O7S2. The predicted octanol–water partition coefficient (Wildman–Crippen LogP) is -1.68. The fourth-order valence-electron chi connectivity index (χ4n) is 1.28. The van der Waals surface area contributed by atoms with Crippen molar-refractivity contribution in [1.29, 1.82) is 0 Å². The van der Waals surface area contributed by atoms with Crippen LogP contribution in [0.4, 0.5) is 0 Å².